The molecule has 1 saturated heterocycles. The zero-order chi connectivity index (χ0) is 19.6. The molecule has 2 aliphatic rings. The van der Waals surface area contributed by atoms with Crippen LogP contribution in [0.5, 0.6) is 0 Å². The van der Waals surface area contributed by atoms with Crippen molar-refractivity contribution < 1.29 is 18.0 Å². The molecular weight excluding hydrogens is 364 g/mol. The third kappa shape index (κ3) is 4.89. The van der Waals surface area contributed by atoms with Crippen LogP contribution in [-0.2, 0) is 19.4 Å². The fourth-order valence-electron chi connectivity index (χ4n) is 4.03. The van der Waals surface area contributed by atoms with E-state index < -0.39 is 9.84 Å². The number of rotatable bonds is 4. The van der Waals surface area contributed by atoms with E-state index in [9.17, 15) is 18.0 Å². The van der Waals surface area contributed by atoms with Gasteiger partial charge in [0.2, 0.25) is 11.8 Å². The molecule has 1 unspecified atom stereocenters. The summed E-state index contributed by atoms with van der Waals surface area (Å²) in [6.07, 6.45) is 3.25. The fraction of sp³-hybridized carbons (Fsp3) is 0.600. The predicted molar refractivity (Wildman–Crippen MR) is 105 cm³/mol. The summed E-state index contributed by atoms with van der Waals surface area (Å²) < 4.78 is 23.3. The molecule has 2 amide bonds. The second kappa shape index (κ2) is 8.00. The van der Waals surface area contributed by atoms with Gasteiger partial charge in [0, 0.05) is 30.6 Å². The molecule has 1 N–H and O–H groups in total. The largest absolute Gasteiger partial charge is 0.341 e. The Bertz CT molecular complexity index is 796. The lowest BCUT2D eigenvalue weighted by Gasteiger charge is -2.32. The van der Waals surface area contributed by atoms with Crippen LogP contribution in [0.3, 0.4) is 0 Å². The molecule has 0 spiro atoms. The Balaban J connectivity index is 1.50. The van der Waals surface area contributed by atoms with E-state index in [0.717, 1.165) is 11.3 Å². The van der Waals surface area contributed by atoms with E-state index in [1.54, 1.807) is 11.9 Å². The molecule has 0 bridgehead atoms. The van der Waals surface area contributed by atoms with Crippen LogP contribution in [-0.4, -0.2) is 49.7 Å². The minimum atomic E-state index is -3.00. The third-order valence-electron chi connectivity index (χ3n) is 5.87. The molecule has 1 heterocycles. The molecule has 2 fully saturated rings. The van der Waals surface area contributed by atoms with Gasteiger partial charge in [-0.2, -0.15) is 0 Å². The van der Waals surface area contributed by atoms with E-state index >= 15 is 0 Å². The van der Waals surface area contributed by atoms with E-state index in [1.807, 2.05) is 31.2 Å². The van der Waals surface area contributed by atoms with E-state index in [1.165, 1.54) is 0 Å². The maximum absolute atomic E-state index is 12.7. The molecule has 1 aliphatic heterocycles. The van der Waals surface area contributed by atoms with Gasteiger partial charge in [-0.3, -0.25) is 9.59 Å². The second-order valence-corrected chi connectivity index (χ2v) is 10.1. The van der Waals surface area contributed by atoms with Crippen molar-refractivity contribution >= 4 is 27.3 Å². The number of carbonyl (C=O) groups excluding carboxylic acids is 2. The smallest absolute Gasteiger partial charge is 0.227 e. The van der Waals surface area contributed by atoms with Gasteiger partial charge in [-0.1, -0.05) is 17.7 Å². The molecule has 1 aromatic carbocycles. The number of nitrogens with one attached hydrogen (secondary N) is 1. The fourth-order valence-corrected chi connectivity index (χ4v) is 5.81. The summed E-state index contributed by atoms with van der Waals surface area (Å²) in [4.78, 5) is 26.8. The number of nitrogens with zero attached hydrogens (tertiary/aromatic N) is 1. The molecular formula is C20H28N2O4S. The molecule has 1 atom stereocenters. The summed E-state index contributed by atoms with van der Waals surface area (Å²) in [6.45, 7) is 2.00. The van der Waals surface area contributed by atoms with Crippen molar-refractivity contribution in [1.29, 1.82) is 0 Å². The molecule has 0 aromatic heterocycles. The summed E-state index contributed by atoms with van der Waals surface area (Å²) in [5.74, 6) is 0.0915. The van der Waals surface area contributed by atoms with Crippen molar-refractivity contribution in [1.82, 2.24) is 4.90 Å². The highest BCUT2D eigenvalue weighted by atomic mass is 32.2. The van der Waals surface area contributed by atoms with Crippen LogP contribution in [0.2, 0.25) is 0 Å². The third-order valence-corrected chi connectivity index (χ3v) is 7.62. The number of sulfone groups is 1. The molecule has 148 valence electrons. The van der Waals surface area contributed by atoms with Crippen molar-refractivity contribution in [3.8, 4) is 0 Å². The number of hydrogen-bond donors (Lipinski definition) is 1. The predicted octanol–water partition coefficient (Wildman–Crippen LogP) is 2.39. The Morgan fingerprint density at radius 1 is 1.00 bits per heavy atom. The molecule has 0 radical (unpaired) electrons. The van der Waals surface area contributed by atoms with Crippen LogP contribution in [0, 0.1) is 18.8 Å². The SMILES string of the molecule is Cc1ccc(NC(=O)C2CCC(C(=O)N(C)C3CCS(=O)(=O)C3)CC2)cc1. The van der Waals surface area contributed by atoms with Crippen LogP contribution in [0.4, 0.5) is 5.69 Å². The second-order valence-electron chi connectivity index (χ2n) is 7.91. The average Bonchev–Trinajstić information content (AvgIpc) is 3.02. The van der Waals surface area contributed by atoms with Gasteiger partial charge in [0.05, 0.1) is 11.5 Å². The number of carbonyl (C=O) groups is 2. The van der Waals surface area contributed by atoms with Crippen molar-refractivity contribution in [2.75, 3.05) is 23.9 Å². The van der Waals surface area contributed by atoms with Crippen LogP contribution >= 0.6 is 0 Å². The highest BCUT2D eigenvalue weighted by molar-refractivity contribution is 7.91. The Morgan fingerprint density at radius 3 is 2.15 bits per heavy atom. The molecule has 6 nitrogen and oxygen atoms in total. The highest BCUT2D eigenvalue weighted by Gasteiger charge is 2.37. The topological polar surface area (TPSA) is 83.6 Å². The minimum Gasteiger partial charge on any atom is -0.341 e. The van der Waals surface area contributed by atoms with Gasteiger partial charge in [0.25, 0.3) is 0 Å². The van der Waals surface area contributed by atoms with Crippen molar-refractivity contribution in [3.05, 3.63) is 29.8 Å². The van der Waals surface area contributed by atoms with Crippen molar-refractivity contribution in [2.24, 2.45) is 11.8 Å². The van der Waals surface area contributed by atoms with Crippen LogP contribution < -0.4 is 5.32 Å². The van der Waals surface area contributed by atoms with E-state index in [2.05, 4.69) is 5.32 Å². The summed E-state index contributed by atoms with van der Waals surface area (Å²) >= 11 is 0. The first-order valence-electron chi connectivity index (χ1n) is 9.60. The summed E-state index contributed by atoms with van der Waals surface area (Å²) in [7, 11) is -1.29. The van der Waals surface area contributed by atoms with Crippen molar-refractivity contribution in [3.63, 3.8) is 0 Å². The Hall–Kier alpha value is -1.89. The standard InChI is InChI=1S/C20H28N2O4S/c1-14-3-9-17(10-4-14)21-19(23)15-5-7-16(8-6-15)20(24)22(2)18-11-12-27(25,26)13-18/h3-4,9-10,15-16,18H,5-8,11-13H2,1-2H3,(H,21,23). The normalized spacial score (nSPS) is 27.1. The van der Waals surface area contributed by atoms with Crippen LogP contribution in [0.25, 0.3) is 0 Å². The molecule has 7 heteroatoms. The zero-order valence-electron chi connectivity index (χ0n) is 16.0. The van der Waals surface area contributed by atoms with Crippen molar-refractivity contribution in [2.45, 2.75) is 45.1 Å². The van der Waals surface area contributed by atoms with E-state index in [0.29, 0.717) is 32.1 Å². The molecule has 27 heavy (non-hydrogen) atoms. The molecule has 1 saturated carbocycles. The molecule has 3 rings (SSSR count). The monoisotopic (exact) mass is 392 g/mol. The lowest BCUT2D eigenvalue weighted by Crippen LogP contribution is -2.42. The number of hydrogen-bond acceptors (Lipinski definition) is 4. The molecule has 1 aromatic rings. The van der Waals surface area contributed by atoms with Gasteiger partial charge in [0.1, 0.15) is 0 Å². The average molecular weight is 393 g/mol. The number of anilines is 1. The maximum Gasteiger partial charge on any atom is 0.227 e. The van der Waals surface area contributed by atoms with Crippen LogP contribution in [0.15, 0.2) is 24.3 Å². The number of benzene rings is 1. The lowest BCUT2D eigenvalue weighted by atomic mass is 9.80. The van der Waals surface area contributed by atoms with Gasteiger partial charge < -0.3 is 10.2 Å². The molecule has 1 aliphatic carbocycles. The lowest BCUT2D eigenvalue weighted by molar-refractivity contribution is -0.138. The number of amides is 2. The summed E-state index contributed by atoms with van der Waals surface area (Å²) in [5.41, 5.74) is 1.94. The number of aryl methyl sites for hydroxylation is 1. The maximum atomic E-state index is 12.7. The van der Waals surface area contributed by atoms with Gasteiger partial charge >= 0.3 is 0 Å². The van der Waals surface area contributed by atoms with Gasteiger partial charge in [-0.25, -0.2) is 8.42 Å². The van der Waals surface area contributed by atoms with Gasteiger partial charge in [0.15, 0.2) is 9.84 Å². The first kappa shape index (κ1) is 19.9. The van der Waals surface area contributed by atoms with Crippen LogP contribution in [0.1, 0.15) is 37.7 Å². The highest BCUT2D eigenvalue weighted by Crippen LogP contribution is 2.32. The first-order chi connectivity index (χ1) is 12.7. The van der Waals surface area contributed by atoms with Gasteiger partial charge in [-0.05, 0) is 51.2 Å². The summed E-state index contributed by atoms with van der Waals surface area (Å²) in [6, 6.07) is 7.51. The zero-order valence-corrected chi connectivity index (χ0v) is 16.8. The quantitative estimate of drug-likeness (QED) is 0.853. The Kier molecular flexibility index (Phi) is 5.89. The van der Waals surface area contributed by atoms with Gasteiger partial charge in [-0.15, -0.1) is 0 Å². The van der Waals surface area contributed by atoms with E-state index in [4.69, 9.17) is 0 Å². The summed E-state index contributed by atoms with van der Waals surface area (Å²) in [5, 5.41) is 2.96. The first-order valence-corrected chi connectivity index (χ1v) is 11.4. The Labute approximate surface area is 161 Å². The minimum absolute atomic E-state index is 0.0139. The Morgan fingerprint density at radius 2 is 1.59 bits per heavy atom. The van der Waals surface area contributed by atoms with E-state index in [-0.39, 0.29) is 41.2 Å².